The van der Waals surface area contributed by atoms with E-state index in [0.717, 1.165) is 25.7 Å². The van der Waals surface area contributed by atoms with Crippen LogP contribution in [0.3, 0.4) is 0 Å². The van der Waals surface area contributed by atoms with Gasteiger partial charge in [-0.05, 0) is 25.7 Å². The van der Waals surface area contributed by atoms with E-state index in [4.69, 9.17) is 18.0 Å². The SMILES string of the molecule is NC(=S)CN(C(=O)C1CCCCCCC1)C1CCCC1. The average molecular weight is 296 g/mol. The maximum absolute atomic E-state index is 12.9. The van der Waals surface area contributed by atoms with Crippen LogP contribution >= 0.6 is 12.2 Å². The lowest BCUT2D eigenvalue weighted by Gasteiger charge is -2.32. The highest BCUT2D eigenvalue weighted by atomic mass is 32.1. The van der Waals surface area contributed by atoms with Crippen LogP contribution in [0.5, 0.6) is 0 Å². The van der Waals surface area contributed by atoms with Gasteiger partial charge in [-0.3, -0.25) is 4.79 Å². The first kappa shape index (κ1) is 15.7. The molecule has 0 aliphatic heterocycles. The van der Waals surface area contributed by atoms with Gasteiger partial charge < -0.3 is 10.6 Å². The van der Waals surface area contributed by atoms with E-state index in [2.05, 4.69) is 0 Å². The number of nitrogens with zero attached hydrogens (tertiary/aromatic N) is 1. The molecule has 2 aliphatic carbocycles. The molecule has 0 spiro atoms. The topological polar surface area (TPSA) is 46.3 Å². The van der Waals surface area contributed by atoms with Crippen LogP contribution in [0.4, 0.5) is 0 Å². The third kappa shape index (κ3) is 4.44. The Morgan fingerprint density at radius 2 is 1.45 bits per heavy atom. The lowest BCUT2D eigenvalue weighted by atomic mass is 9.89. The second kappa shape index (κ2) is 7.96. The van der Waals surface area contributed by atoms with Gasteiger partial charge in [-0.25, -0.2) is 0 Å². The van der Waals surface area contributed by atoms with Gasteiger partial charge in [0, 0.05) is 12.0 Å². The molecule has 0 radical (unpaired) electrons. The number of carbonyl (C=O) groups is 1. The van der Waals surface area contributed by atoms with Gasteiger partial charge >= 0.3 is 0 Å². The van der Waals surface area contributed by atoms with Gasteiger partial charge in [0.25, 0.3) is 0 Å². The maximum atomic E-state index is 12.9. The van der Waals surface area contributed by atoms with E-state index in [0.29, 0.717) is 23.5 Å². The molecule has 2 N–H and O–H groups in total. The van der Waals surface area contributed by atoms with Gasteiger partial charge in [-0.1, -0.05) is 57.2 Å². The second-order valence-corrected chi connectivity index (χ2v) is 6.94. The summed E-state index contributed by atoms with van der Waals surface area (Å²) in [5.41, 5.74) is 5.72. The molecule has 0 aromatic rings. The van der Waals surface area contributed by atoms with E-state index in [-0.39, 0.29) is 5.92 Å². The summed E-state index contributed by atoms with van der Waals surface area (Å²) < 4.78 is 0. The Hall–Kier alpha value is -0.640. The van der Waals surface area contributed by atoms with Crippen LogP contribution < -0.4 is 5.73 Å². The van der Waals surface area contributed by atoms with E-state index in [1.807, 2.05) is 4.90 Å². The first-order valence-corrected chi connectivity index (χ1v) is 8.68. The zero-order chi connectivity index (χ0) is 14.4. The van der Waals surface area contributed by atoms with Crippen LogP contribution in [0.2, 0.25) is 0 Å². The zero-order valence-electron chi connectivity index (χ0n) is 12.5. The zero-order valence-corrected chi connectivity index (χ0v) is 13.3. The molecule has 1 amide bonds. The molecule has 0 unspecified atom stereocenters. The number of hydrogen-bond acceptors (Lipinski definition) is 2. The van der Waals surface area contributed by atoms with E-state index >= 15 is 0 Å². The minimum absolute atomic E-state index is 0.213. The highest BCUT2D eigenvalue weighted by Crippen LogP contribution is 2.29. The van der Waals surface area contributed by atoms with E-state index in [1.54, 1.807) is 0 Å². The molecule has 0 aromatic heterocycles. The second-order valence-electron chi connectivity index (χ2n) is 6.41. The standard InChI is InChI=1S/C16H28N2OS/c17-15(20)12-18(14-10-6-7-11-14)16(19)13-8-4-2-1-3-5-9-13/h13-14H,1-12H2,(H2,17,20). The highest BCUT2D eigenvalue weighted by Gasteiger charge is 2.31. The van der Waals surface area contributed by atoms with Crippen molar-refractivity contribution < 1.29 is 4.79 Å². The average Bonchev–Trinajstić information content (AvgIpc) is 2.88. The van der Waals surface area contributed by atoms with E-state index < -0.39 is 0 Å². The first-order valence-electron chi connectivity index (χ1n) is 8.27. The van der Waals surface area contributed by atoms with Crippen molar-refractivity contribution in [2.75, 3.05) is 6.54 Å². The summed E-state index contributed by atoms with van der Waals surface area (Å²) in [6.07, 6.45) is 13.1. The smallest absolute Gasteiger partial charge is 0.226 e. The van der Waals surface area contributed by atoms with Crippen molar-refractivity contribution in [3.05, 3.63) is 0 Å². The molecule has 3 nitrogen and oxygen atoms in total. The fourth-order valence-electron chi connectivity index (χ4n) is 3.71. The predicted molar refractivity (Wildman–Crippen MR) is 86.6 cm³/mol. The summed E-state index contributed by atoms with van der Waals surface area (Å²) in [4.78, 5) is 15.4. The molecule has 0 atom stereocenters. The van der Waals surface area contributed by atoms with Crippen LogP contribution in [-0.2, 0) is 4.79 Å². The Bertz CT molecular complexity index is 331. The molecular weight excluding hydrogens is 268 g/mol. The van der Waals surface area contributed by atoms with Crippen LogP contribution in [0, 0.1) is 5.92 Å². The van der Waals surface area contributed by atoms with Crippen molar-refractivity contribution in [1.29, 1.82) is 0 Å². The molecule has 2 saturated carbocycles. The normalized spacial score (nSPS) is 22.2. The number of amides is 1. The molecule has 4 heteroatoms. The molecule has 20 heavy (non-hydrogen) atoms. The number of hydrogen-bond donors (Lipinski definition) is 1. The fraction of sp³-hybridized carbons (Fsp3) is 0.875. The maximum Gasteiger partial charge on any atom is 0.226 e. The summed E-state index contributed by atoms with van der Waals surface area (Å²) in [7, 11) is 0. The lowest BCUT2D eigenvalue weighted by Crippen LogP contribution is -2.46. The predicted octanol–water partition coefficient (Wildman–Crippen LogP) is 3.40. The molecule has 114 valence electrons. The molecule has 2 rings (SSSR count). The van der Waals surface area contributed by atoms with Gasteiger partial charge in [0.1, 0.15) is 0 Å². The first-order chi connectivity index (χ1) is 9.68. The van der Waals surface area contributed by atoms with E-state index in [1.165, 1.54) is 44.9 Å². The molecule has 0 aromatic carbocycles. The summed E-state index contributed by atoms with van der Waals surface area (Å²) >= 11 is 5.06. The number of carbonyl (C=O) groups excluding carboxylic acids is 1. The highest BCUT2D eigenvalue weighted by molar-refractivity contribution is 7.80. The van der Waals surface area contributed by atoms with Crippen molar-refractivity contribution in [2.45, 2.75) is 76.7 Å². The van der Waals surface area contributed by atoms with Crippen LogP contribution in [-0.4, -0.2) is 28.4 Å². The van der Waals surface area contributed by atoms with Crippen molar-refractivity contribution in [1.82, 2.24) is 4.90 Å². The minimum atomic E-state index is 0.213. The van der Waals surface area contributed by atoms with Gasteiger partial charge in [-0.15, -0.1) is 0 Å². The third-order valence-corrected chi connectivity index (χ3v) is 4.96. The summed E-state index contributed by atoms with van der Waals surface area (Å²) in [6, 6.07) is 0.384. The Morgan fingerprint density at radius 3 is 2.00 bits per heavy atom. The van der Waals surface area contributed by atoms with Crippen LogP contribution in [0.1, 0.15) is 70.6 Å². The number of thiocarbonyl (C=S) groups is 1. The van der Waals surface area contributed by atoms with Crippen molar-refractivity contribution in [3.63, 3.8) is 0 Å². The molecule has 2 aliphatic rings. The molecule has 0 saturated heterocycles. The fourth-order valence-corrected chi connectivity index (χ4v) is 3.85. The summed E-state index contributed by atoms with van der Waals surface area (Å²) in [6.45, 7) is 0.481. The minimum Gasteiger partial charge on any atom is -0.392 e. The van der Waals surface area contributed by atoms with Gasteiger partial charge in [0.2, 0.25) is 5.91 Å². The Kier molecular flexibility index (Phi) is 6.27. The number of rotatable bonds is 4. The Morgan fingerprint density at radius 1 is 0.950 bits per heavy atom. The molecule has 2 fully saturated rings. The largest absolute Gasteiger partial charge is 0.392 e. The van der Waals surface area contributed by atoms with Crippen molar-refractivity contribution in [2.24, 2.45) is 11.7 Å². The number of nitrogens with two attached hydrogens (primary N) is 1. The Balaban J connectivity index is 2.01. The van der Waals surface area contributed by atoms with Crippen molar-refractivity contribution in [3.8, 4) is 0 Å². The van der Waals surface area contributed by atoms with Gasteiger partial charge in [0.05, 0.1) is 11.5 Å². The van der Waals surface area contributed by atoms with Crippen LogP contribution in [0.25, 0.3) is 0 Å². The van der Waals surface area contributed by atoms with Gasteiger partial charge in [-0.2, -0.15) is 0 Å². The van der Waals surface area contributed by atoms with Crippen molar-refractivity contribution >= 4 is 23.1 Å². The quantitative estimate of drug-likeness (QED) is 0.809. The van der Waals surface area contributed by atoms with E-state index in [9.17, 15) is 4.79 Å². The molecule has 0 heterocycles. The lowest BCUT2D eigenvalue weighted by molar-refractivity contribution is -0.137. The monoisotopic (exact) mass is 296 g/mol. The molecular formula is C16H28N2OS. The summed E-state index contributed by atoms with van der Waals surface area (Å²) in [5, 5.41) is 0. The Labute approximate surface area is 128 Å². The van der Waals surface area contributed by atoms with Gasteiger partial charge in [0.15, 0.2) is 0 Å². The summed E-state index contributed by atoms with van der Waals surface area (Å²) in [5.74, 6) is 0.539. The van der Waals surface area contributed by atoms with Crippen LogP contribution in [0.15, 0.2) is 0 Å². The molecule has 0 bridgehead atoms. The third-order valence-electron chi connectivity index (χ3n) is 4.83.